The van der Waals surface area contributed by atoms with Crippen molar-refractivity contribution in [2.45, 2.75) is 33.1 Å². The Balaban J connectivity index is 0.000000704. The standard InChI is InChI=1S/C14H14F2N2.C2H6/c1-9-3-2-4-10-5-14(17-6-11(9)10)18-7-12(15)13(16)8-18;1-2/h2-6,12-13H,7-8H2,1H3;1-2H3. The predicted molar refractivity (Wildman–Crippen MR) is 79.8 cm³/mol. The van der Waals surface area contributed by atoms with Crippen LogP contribution in [0.1, 0.15) is 19.4 Å². The van der Waals surface area contributed by atoms with Crippen LogP contribution in [0.4, 0.5) is 14.6 Å². The van der Waals surface area contributed by atoms with E-state index in [9.17, 15) is 8.78 Å². The van der Waals surface area contributed by atoms with E-state index in [4.69, 9.17) is 0 Å². The molecule has 20 heavy (non-hydrogen) atoms. The van der Waals surface area contributed by atoms with Crippen molar-refractivity contribution in [3.05, 3.63) is 36.0 Å². The molecule has 4 heteroatoms. The monoisotopic (exact) mass is 278 g/mol. The SMILES string of the molecule is CC.Cc1cccc2cc(N3CC(F)C(F)C3)ncc12. The van der Waals surface area contributed by atoms with Gasteiger partial charge in [-0.15, -0.1) is 0 Å². The maximum absolute atomic E-state index is 13.2. The minimum absolute atomic E-state index is 0.0888. The highest BCUT2D eigenvalue weighted by Crippen LogP contribution is 2.26. The Bertz CT molecular complexity index is 576. The van der Waals surface area contributed by atoms with Gasteiger partial charge < -0.3 is 4.90 Å². The summed E-state index contributed by atoms with van der Waals surface area (Å²) in [6, 6.07) is 7.88. The first-order chi connectivity index (χ1) is 9.65. The van der Waals surface area contributed by atoms with Crippen LogP contribution in [0.3, 0.4) is 0 Å². The third kappa shape index (κ3) is 2.74. The summed E-state index contributed by atoms with van der Waals surface area (Å²) in [4.78, 5) is 5.98. The van der Waals surface area contributed by atoms with Gasteiger partial charge in [-0.05, 0) is 23.9 Å². The highest BCUT2D eigenvalue weighted by Gasteiger charge is 2.33. The highest BCUT2D eigenvalue weighted by atomic mass is 19.2. The fourth-order valence-corrected chi connectivity index (χ4v) is 2.40. The molecule has 2 atom stereocenters. The van der Waals surface area contributed by atoms with Crippen molar-refractivity contribution in [3.63, 3.8) is 0 Å². The second-order valence-corrected chi connectivity index (χ2v) is 4.78. The van der Waals surface area contributed by atoms with Crippen LogP contribution in [-0.2, 0) is 0 Å². The zero-order chi connectivity index (χ0) is 14.7. The van der Waals surface area contributed by atoms with Crippen LogP contribution in [0.2, 0.25) is 0 Å². The molecule has 0 bridgehead atoms. The Morgan fingerprint density at radius 2 is 1.80 bits per heavy atom. The summed E-state index contributed by atoms with van der Waals surface area (Å²) in [7, 11) is 0. The molecule has 0 aliphatic carbocycles. The fraction of sp³-hybridized carbons (Fsp3) is 0.438. The Morgan fingerprint density at radius 3 is 2.45 bits per heavy atom. The van der Waals surface area contributed by atoms with Crippen LogP contribution in [0.25, 0.3) is 10.8 Å². The van der Waals surface area contributed by atoms with Crippen molar-refractivity contribution in [2.75, 3.05) is 18.0 Å². The topological polar surface area (TPSA) is 16.1 Å². The average molecular weight is 278 g/mol. The first-order valence-corrected chi connectivity index (χ1v) is 7.03. The van der Waals surface area contributed by atoms with Gasteiger partial charge in [0.1, 0.15) is 5.82 Å². The van der Waals surface area contributed by atoms with Crippen molar-refractivity contribution in [1.29, 1.82) is 0 Å². The maximum atomic E-state index is 13.2. The molecule has 108 valence electrons. The van der Waals surface area contributed by atoms with Gasteiger partial charge in [0.15, 0.2) is 12.3 Å². The molecule has 2 aromatic rings. The molecule has 1 aromatic carbocycles. The first kappa shape index (κ1) is 14.7. The lowest BCUT2D eigenvalue weighted by Gasteiger charge is -2.16. The molecule has 0 radical (unpaired) electrons. The highest BCUT2D eigenvalue weighted by molar-refractivity contribution is 5.86. The summed E-state index contributed by atoms with van der Waals surface area (Å²) in [6.45, 7) is 6.20. The van der Waals surface area contributed by atoms with E-state index in [-0.39, 0.29) is 13.1 Å². The molecule has 1 aromatic heterocycles. The smallest absolute Gasteiger partial charge is 0.150 e. The van der Waals surface area contributed by atoms with E-state index in [1.807, 2.05) is 45.0 Å². The number of aromatic nitrogens is 1. The van der Waals surface area contributed by atoms with Gasteiger partial charge in [0.25, 0.3) is 0 Å². The molecule has 0 saturated carbocycles. The summed E-state index contributed by atoms with van der Waals surface area (Å²) < 4.78 is 26.4. The first-order valence-electron chi connectivity index (χ1n) is 7.03. The lowest BCUT2D eigenvalue weighted by atomic mass is 10.1. The summed E-state index contributed by atoms with van der Waals surface area (Å²) in [5, 5.41) is 2.13. The Hall–Kier alpha value is -1.71. The third-order valence-corrected chi connectivity index (χ3v) is 3.47. The van der Waals surface area contributed by atoms with Gasteiger partial charge in [0.05, 0.1) is 13.1 Å². The summed E-state index contributed by atoms with van der Waals surface area (Å²) >= 11 is 0. The zero-order valence-corrected chi connectivity index (χ0v) is 12.1. The Labute approximate surface area is 118 Å². The van der Waals surface area contributed by atoms with Crippen LogP contribution in [0.15, 0.2) is 30.5 Å². The molecule has 3 rings (SSSR count). The molecule has 0 N–H and O–H groups in total. The number of fused-ring (bicyclic) bond motifs is 1. The molecule has 0 amide bonds. The molecular weight excluding hydrogens is 258 g/mol. The van der Waals surface area contributed by atoms with Gasteiger partial charge in [0.2, 0.25) is 0 Å². The van der Waals surface area contributed by atoms with Gasteiger partial charge in [-0.2, -0.15) is 0 Å². The molecule has 1 saturated heterocycles. The molecule has 1 aliphatic rings. The van der Waals surface area contributed by atoms with Crippen LogP contribution in [0.5, 0.6) is 0 Å². The Morgan fingerprint density at radius 1 is 1.15 bits per heavy atom. The van der Waals surface area contributed by atoms with E-state index >= 15 is 0 Å². The number of nitrogens with zero attached hydrogens (tertiary/aromatic N) is 2. The van der Waals surface area contributed by atoms with Gasteiger partial charge in [-0.1, -0.05) is 32.0 Å². The fourth-order valence-electron chi connectivity index (χ4n) is 2.40. The summed E-state index contributed by atoms with van der Waals surface area (Å²) in [5.74, 6) is 0.649. The molecule has 1 fully saturated rings. The Kier molecular flexibility index (Phi) is 4.53. The van der Waals surface area contributed by atoms with Gasteiger partial charge >= 0.3 is 0 Å². The van der Waals surface area contributed by atoms with Crippen molar-refractivity contribution >= 4 is 16.6 Å². The van der Waals surface area contributed by atoms with Crippen molar-refractivity contribution in [1.82, 2.24) is 4.98 Å². The second-order valence-electron chi connectivity index (χ2n) is 4.78. The van der Waals surface area contributed by atoms with Gasteiger partial charge in [-0.3, -0.25) is 0 Å². The number of alkyl halides is 2. The normalized spacial score (nSPS) is 21.8. The molecule has 2 unspecified atom stereocenters. The van der Waals surface area contributed by atoms with Crippen molar-refractivity contribution < 1.29 is 8.78 Å². The third-order valence-electron chi connectivity index (χ3n) is 3.47. The van der Waals surface area contributed by atoms with E-state index in [1.165, 1.54) is 0 Å². The number of aryl methyl sites for hydroxylation is 1. The maximum Gasteiger partial charge on any atom is 0.150 e. The predicted octanol–water partition coefficient (Wildman–Crippen LogP) is 4.07. The number of rotatable bonds is 1. The lowest BCUT2D eigenvalue weighted by Crippen LogP contribution is -2.21. The largest absolute Gasteiger partial charge is 0.351 e. The second kappa shape index (κ2) is 6.16. The number of hydrogen-bond donors (Lipinski definition) is 0. The van der Waals surface area contributed by atoms with E-state index < -0.39 is 12.3 Å². The molecule has 1 aliphatic heterocycles. The average Bonchev–Trinajstić information content (AvgIpc) is 2.81. The van der Waals surface area contributed by atoms with Gasteiger partial charge in [-0.25, -0.2) is 13.8 Å². The minimum atomic E-state index is -1.40. The molecule has 2 heterocycles. The summed E-state index contributed by atoms with van der Waals surface area (Å²) in [6.07, 6.45) is -1.03. The van der Waals surface area contributed by atoms with E-state index in [2.05, 4.69) is 4.98 Å². The van der Waals surface area contributed by atoms with Crippen molar-refractivity contribution in [2.24, 2.45) is 0 Å². The van der Waals surface area contributed by atoms with E-state index in [0.717, 1.165) is 16.3 Å². The van der Waals surface area contributed by atoms with E-state index in [0.29, 0.717) is 5.82 Å². The number of pyridine rings is 1. The number of halogens is 2. The zero-order valence-electron chi connectivity index (χ0n) is 12.1. The minimum Gasteiger partial charge on any atom is -0.351 e. The van der Waals surface area contributed by atoms with Crippen LogP contribution >= 0.6 is 0 Å². The number of hydrogen-bond acceptors (Lipinski definition) is 2. The van der Waals surface area contributed by atoms with Crippen LogP contribution in [-0.4, -0.2) is 30.4 Å². The van der Waals surface area contributed by atoms with Gasteiger partial charge in [0, 0.05) is 11.6 Å². The molecule has 0 spiro atoms. The number of benzene rings is 1. The lowest BCUT2D eigenvalue weighted by molar-refractivity contribution is 0.217. The van der Waals surface area contributed by atoms with E-state index in [1.54, 1.807) is 11.1 Å². The quantitative estimate of drug-likeness (QED) is 0.782. The number of anilines is 1. The van der Waals surface area contributed by atoms with Crippen LogP contribution in [0, 0.1) is 6.92 Å². The molecule has 2 nitrogen and oxygen atoms in total. The van der Waals surface area contributed by atoms with Crippen LogP contribution < -0.4 is 4.90 Å². The molecular formula is C16H20F2N2. The van der Waals surface area contributed by atoms with Crippen molar-refractivity contribution in [3.8, 4) is 0 Å². The summed E-state index contributed by atoms with van der Waals surface area (Å²) in [5.41, 5.74) is 1.15.